The van der Waals surface area contributed by atoms with Crippen LogP contribution in [-0.4, -0.2) is 17.5 Å². The lowest BCUT2D eigenvalue weighted by Crippen LogP contribution is -2.03. The van der Waals surface area contributed by atoms with Crippen molar-refractivity contribution in [2.45, 2.75) is 18.7 Å². The van der Waals surface area contributed by atoms with Crippen molar-refractivity contribution in [3.8, 4) is 0 Å². The molecule has 3 heteroatoms. The van der Waals surface area contributed by atoms with Crippen molar-refractivity contribution in [3.05, 3.63) is 23.8 Å². The van der Waals surface area contributed by atoms with E-state index in [2.05, 4.69) is 6.92 Å². The summed E-state index contributed by atoms with van der Waals surface area (Å²) in [6, 6.07) is 5.93. The van der Waals surface area contributed by atoms with Gasteiger partial charge in [0.25, 0.3) is 0 Å². The fraction of sp³-hybridized carbons (Fsp3) is 0.455. The van der Waals surface area contributed by atoms with Crippen LogP contribution in [0.15, 0.2) is 23.1 Å². The van der Waals surface area contributed by atoms with E-state index in [9.17, 15) is 0 Å². The zero-order valence-electron chi connectivity index (χ0n) is 8.66. The molecule has 1 aromatic carbocycles. The molecule has 1 unspecified atom stereocenters. The molecule has 1 rings (SSSR count). The average molecular weight is 211 g/mol. The largest absolute Gasteiger partial charge is 0.399 e. The first kappa shape index (κ1) is 11.4. The fourth-order valence-electron chi connectivity index (χ4n) is 1.06. The normalized spacial score (nSPS) is 12.8. The molecule has 1 aromatic rings. The molecule has 0 radical (unpaired) electrons. The Morgan fingerprint density at radius 3 is 2.86 bits per heavy atom. The summed E-state index contributed by atoms with van der Waals surface area (Å²) in [6.07, 6.45) is 0. The van der Waals surface area contributed by atoms with Crippen LogP contribution in [0.2, 0.25) is 0 Å². The van der Waals surface area contributed by atoms with Crippen LogP contribution in [0.3, 0.4) is 0 Å². The van der Waals surface area contributed by atoms with E-state index in [1.807, 2.05) is 25.1 Å². The molecule has 14 heavy (non-hydrogen) atoms. The molecule has 0 aliphatic rings. The molecule has 0 aromatic heterocycles. The number of rotatable bonds is 4. The third-order valence-electron chi connectivity index (χ3n) is 2.05. The Labute approximate surface area is 89.5 Å². The van der Waals surface area contributed by atoms with Gasteiger partial charge in [-0.3, -0.25) is 0 Å². The van der Waals surface area contributed by atoms with E-state index in [1.54, 1.807) is 11.8 Å². The average Bonchev–Trinajstić information content (AvgIpc) is 2.19. The standard InChI is InChI=1S/C11H17NOS/c1-8(6-13)7-14-11-5-10(12)4-3-9(11)2/h3-5,8,13H,6-7,12H2,1-2H3. The second kappa shape index (κ2) is 5.27. The summed E-state index contributed by atoms with van der Waals surface area (Å²) in [5.41, 5.74) is 7.75. The lowest BCUT2D eigenvalue weighted by molar-refractivity contribution is 0.250. The quantitative estimate of drug-likeness (QED) is 0.593. The number of aliphatic hydroxyl groups excluding tert-OH is 1. The van der Waals surface area contributed by atoms with Gasteiger partial charge in [-0.15, -0.1) is 11.8 Å². The summed E-state index contributed by atoms with van der Waals surface area (Å²) in [5.74, 6) is 1.27. The van der Waals surface area contributed by atoms with Gasteiger partial charge in [0.1, 0.15) is 0 Å². The Bertz CT molecular complexity index is 301. The summed E-state index contributed by atoms with van der Waals surface area (Å²) in [4.78, 5) is 1.21. The number of aryl methyl sites for hydroxylation is 1. The van der Waals surface area contributed by atoms with Gasteiger partial charge < -0.3 is 10.8 Å². The maximum atomic E-state index is 8.90. The minimum Gasteiger partial charge on any atom is -0.399 e. The van der Waals surface area contributed by atoms with E-state index < -0.39 is 0 Å². The Hall–Kier alpha value is -0.670. The lowest BCUT2D eigenvalue weighted by Gasteiger charge is -2.09. The van der Waals surface area contributed by atoms with Gasteiger partial charge >= 0.3 is 0 Å². The zero-order chi connectivity index (χ0) is 10.6. The van der Waals surface area contributed by atoms with Gasteiger partial charge in [-0.25, -0.2) is 0 Å². The van der Waals surface area contributed by atoms with E-state index in [4.69, 9.17) is 10.8 Å². The third-order valence-corrected chi connectivity index (χ3v) is 3.53. The van der Waals surface area contributed by atoms with Crippen molar-refractivity contribution < 1.29 is 5.11 Å². The second-order valence-corrected chi connectivity index (χ2v) is 4.69. The number of thioether (sulfide) groups is 1. The van der Waals surface area contributed by atoms with Crippen LogP contribution in [0.5, 0.6) is 0 Å². The molecule has 78 valence electrons. The minimum absolute atomic E-state index is 0.244. The summed E-state index contributed by atoms with van der Waals surface area (Å²) in [5, 5.41) is 8.90. The molecule has 0 fully saturated rings. The number of anilines is 1. The number of hydrogen-bond acceptors (Lipinski definition) is 3. The molecule has 0 bridgehead atoms. The van der Waals surface area contributed by atoms with E-state index >= 15 is 0 Å². The Morgan fingerprint density at radius 2 is 2.21 bits per heavy atom. The van der Waals surface area contributed by atoms with E-state index in [1.165, 1.54) is 10.5 Å². The van der Waals surface area contributed by atoms with Gasteiger partial charge in [0.2, 0.25) is 0 Å². The number of nitrogens with two attached hydrogens (primary N) is 1. The van der Waals surface area contributed by atoms with E-state index in [0.29, 0.717) is 5.92 Å². The first-order valence-corrected chi connectivity index (χ1v) is 5.72. The van der Waals surface area contributed by atoms with Gasteiger partial charge in [-0.05, 0) is 30.5 Å². The maximum absolute atomic E-state index is 8.90. The highest BCUT2D eigenvalue weighted by Crippen LogP contribution is 2.26. The molecule has 0 amide bonds. The minimum atomic E-state index is 0.244. The lowest BCUT2D eigenvalue weighted by atomic mass is 10.2. The molecule has 0 heterocycles. The number of hydrogen-bond donors (Lipinski definition) is 2. The Balaban J connectivity index is 2.62. The molecular weight excluding hydrogens is 194 g/mol. The van der Waals surface area contributed by atoms with Crippen LogP contribution in [-0.2, 0) is 0 Å². The molecule has 0 saturated carbocycles. The van der Waals surface area contributed by atoms with Crippen LogP contribution in [0.1, 0.15) is 12.5 Å². The Kier molecular flexibility index (Phi) is 4.29. The summed E-state index contributed by atoms with van der Waals surface area (Å²) >= 11 is 1.75. The fourth-order valence-corrected chi connectivity index (χ4v) is 2.14. The monoisotopic (exact) mass is 211 g/mol. The van der Waals surface area contributed by atoms with Gasteiger partial charge in [0.15, 0.2) is 0 Å². The predicted octanol–water partition coefficient (Wildman–Crippen LogP) is 2.30. The van der Waals surface area contributed by atoms with E-state index in [-0.39, 0.29) is 6.61 Å². The zero-order valence-corrected chi connectivity index (χ0v) is 9.47. The summed E-state index contributed by atoms with van der Waals surface area (Å²) in [7, 11) is 0. The predicted molar refractivity (Wildman–Crippen MR) is 62.6 cm³/mol. The van der Waals surface area contributed by atoms with Gasteiger partial charge in [-0.2, -0.15) is 0 Å². The highest BCUT2D eigenvalue weighted by Gasteiger charge is 2.04. The smallest absolute Gasteiger partial charge is 0.0464 e. The third kappa shape index (κ3) is 3.24. The van der Waals surface area contributed by atoms with E-state index in [0.717, 1.165) is 11.4 Å². The van der Waals surface area contributed by atoms with Crippen LogP contribution in [0.4, 0.5) is 5.69 Å². The van der Waals surface area contributed by atoms with Crippen molar-refractivity contribution in [2.24, 2.45) is 5.92 Å². The SMILES string of the molecule is Cc1ccc(N)cc1SCC(C)CO. The molecule has 0 aliphatic heterocycles. The highest BCUT2D eigenvalue weighted by atomic mass is 32.2. The molecule has 2 nitrogen and oxygen atoms in total. The van der Waals surface area contributed by atoms with Crippen LogP contribution < -0.4 is 5.73 Å². The number of nitrogen functional groups attached to an aromatic ring is 1. The number of benzene rings is 1. The van der Waals surface area contributed by atoms with Gasteiger partial charge in [-0.1, -0.05) is 13.0 Å². The molecule has 3 N–H and O–H groups in total. The first-order valence-electron chi connectivity index (χ1n) is 4.73. The van der Waals surface area contributed by atoms with Crippen molar-refractivity contribution in [1.29, 1.82) is 0 Å². The van der Waals surface area contributed by atoms with Gasteiger partial charge in [0, 0.05) is 22.9 Å². The van der Waals surface area contributed by atoms with Crippen molar-refractivity contribution in [2.75, 3.05) is 18.1 Å². The van der Waals surface area contributed by atoms with Crippen LogP contribution in [0.25, 0.3) is 0 Å². The molecule has 0 spiro atoms. The first-order chi connectivity index (χ1) is 6.63. The topological polar surface area (TPSA) is 46.2 Å². The van der Waals surface area contributed by atoms with Crippen molar-refractivity contribution in [3.63, 3.8) is 0 Å². The summed E-state index contributed by atoms with van der Waals surface area (Å²) in [6.45, 7) is 4.36. The Morgan fingerprint density at radius 1 is 1.50 bits per heavy atom. The maximum Gasteiger partial charge on any atom is 0.0464 e. The second-order valence-electron chi connectivity index (χ2n) is 3.62. The van der Waals surface area contributed by atoms with Gasteiger partial charge in [0.05, 0.1) is 0 Å². The van der Waals surface area contributed by atoms with Crippen LogP contribution in [0, 0.1) is 12.8 Å². The molecule has 0 saturated heterocycles. The highest BCUT2D eigenvalue weighted by molar-refractivity contribution is 7.99. The molecule has 0 aliphatic carbocycles. The summed E-state index contributed by atoms with van der Waals surface area (Å²) < 4.78 is 0. The number of aliphatic hydroxyl groups is 1. The molecular formula is C11H17NOS. The van der Waals surface area contributed by atoms with Crippen molar-refractivity contribution >= 4 is 17.4 Å². The van der Waals surface area contributed by atoms with Crippen LogP contribution >= 0.6 is 11.8 Å². The van der Waals surface area contributed by atoms with Crippen molar-refractivity contribution in [1.82, 2.24) is 0 Å². The molecule has 1 atom stereocenters.